The van der Waals surface area contributed by atoms with Gasteiger partial charge < -0.3 is 9.84 Å². The van der Waals surface area contributed by atoms with Gasteiger partial charge in [-0.05, 0) is 38.8 Å². The number of rotatable bonds is 6. The highest BCUT2D eigenvalue weighted by Crippen LogP contribution is 2.41. The van der Waals surface area contributed by atoms with E-state index in [9.17, 15) is 4.79 Å². The van der Waals surface area contributed by atoms with Crippen LogP contribution in [0.3, 0.4) is 0 Å². The molecule has 0 aromatic carbocycles. The molecule has 2 fully saturated rings. The topological polar surface area (TPSA) is 97.0 Å². The Balaban J connectivity index is 1.28. The molecule has 2 aromatic heterocycles. The number of aromatic nitrogens is 4. The molecule has 1 saturated heterocycles. The van der Waals surface area contributed by atoms with Crippen LogP contribution in [0.5, 0.6) is 0 Å². The van der Waals surface area contributed by atoms with Gasteiger partial charge in [0.15, 0.2) is 5.82 Å². The predicted molar refractivity (Wildman–Crippen MR) is 86.5 cm³/mol. The minimum absolute atomic E-state index is 0.212. The number of nitrogens with zero attached hydrogens (tertiary/aromatic N) is 5. The lowest BCUT2D eigenvalue weighted by Crippen LogP contribution is -2.29. The van der Waals surface area contributed by atoms with E-state index in [0.29, 0.717) is 29.2 Å². The van der Waals surface area contributed by atoms with E-state index in [1.807, 2.05) is 0 Å². The molecule has 8 nitrogen and oxygen atoms in total. The normalized spacial score (nSPS) is 18.7. The lowest BCUT2D eigenvalue weighted by atomic mass is 10.1. The van der Waals surface area contributed by atoms with Crippen LogP contribution in [-0.2, 0) is 13.1 Å². The van der Waals surface area contributed by atoms with Gasteiger partial charge in [0.05, 0.1) is 13.1 Å². The van der Waals surface area contributed by atoms with Gasteiger partial charge in [0.1, 0.15) is 5.01 Å². The van der Waals surface area contributed by atoms with Crippen molar-refractivity contribution >= 4 is 17.2 Å². The monoisotopic (exact) mass is 348 g/mol. The quantitative estimate of drug-likeness (QED) is 0.849. The first-order valence-corrected chi connectivity index (χ1v) is 9.25. The van der Waals surface area contributed by atoms with Gasteiger partial charge in [-0.25, -0.2) is 0 Å². The number of amides is 1. The first-order chi connectivity index (χ1) is 11.8. The van der Waals surface area contributed by atoms with Gasteiger partial charge in [-0.15, -0.1) is 10.2 Å². The summed E-state index contributed by atoms with van der Waals surface area (Å²) in [6.07, 6.45) is 6.06. The fourth-order valence-electron chi connectivity index (χ4n) is 2.80. The van der Waals surface area contributed by atoms with E-state index in [1.165, 1.54) is 30.6 Å². The molecule has 24 heavy (non-hydrogen) atoms. The van der Waals surface area contributed by atoms with Crippen molar-refractivity contribution in [3.63, 3.8) is 0 Å². The lowest BCUT2D eigenvalue weighted by Gasteiger charge is -2.24. The van der Waals surface area contributed by atoms with E-state index < -0.39 is 0 Å². The summed E-state index contributed by atoms with van der Waals surface area (Å²) >= 11 is 1.37. The minimum atomic E-state index is -0.241. The van der Waals surface area contributed by atoms with Gasteiger partial charge in [-0.2, -0.15) is 4.98 Å². The molecule has 0 atom stereocenters. The van der Waals surface area contributed by atoms with Gasteiger partial charge in [-0.1, -0.05) is 22.9 Å². The van der Waals surface area contributed by atoms with Gasteiger partial charge in [0.25, 0.3) is 5.91 Å². The molecule has 0 radical (unpaired) electrons. The third-order valence-electron chi connectivity index (χ3n) is 4.29. The molecule has 1 aliphatic carbocycles. The van der Waals surface area contributed by atoms with Crippen LogP contribution in [0.15, 0.2) is 4.52 Å². The Morgan fingerprint density at radius 2 is 2.08 bits per heavy atom. The molecule has 9 heteroatoms. The molecule has 1 N–H and O–H groups in total. The molecule has 2 aliphatic rings. The summed E-state index contributed by atoms with van der Waals surface area (Å²) in [5.74, 6) is 1.36. The molecule has 1 aliphatic heterocycles. The number of hydrogen-bond acceptors (Lipinski definition) is 8. The number of nitrogens with one attached hydrogen (secondary N) is 1. The Hall–Kier alpha value is -1.87. The van der Waals surface area contributed by atoms with Crippen molar-refractivity contribution in [3.05, 3.63) is 21.7 Å². The van der Waals surface area contributed by atoms with Crippen LogP contribution >= 0.6 is 11.3 Å². The van der Waals surface area contributed by atoms with Crippen molar-refractivity contribution in [2.45, 2.75) is 51.1 Å². The molecule has 128 valence electrons. The smallest absolute Gasteiger partial charge is 0.282 e. The van der Waals surface area contributed by atoms with E-state index >= 15 is 0 Å². The lowest BCUT2D eigenvalue weighted by molar-refractivity contribution is 0.0945. The first kappa shape index (κ1) is 15.6. The maximum Gasteiger partial charge on any atom is 0.282 e. The van der Waals surface area contributed by atoms with Crippen molar-refractivity contribution in [1.29, 1.82) is 0 Å². The second-order valence-corrected chi connectivity index (χ2v) is 7.35. The van der Waals surface area contributed by atoms with Crippen molar-refractivity contribution in [2.75, 3.05) is 13.1 Å². The van der Waals surface area contributed by atoms with E-state index in [-0.39, 0.29) is 12.5 Å². The Morgan fingerprint density at radius 3 is 2.88 bits per heavy atom. The average molecular weight is 348 g/mol. The van der Waals surface area contributed by atoms with Crippen molar-refractivity contribution in [1.82, 2.24) is 30.6 Å². The molecular weight excluding hydrogens is 328 g/mol. The van der Waals surface area contributed by atoms with E-state index in [1.54, 1.807) is 0 Å². The fourth-order valence-corrected chi connectivity index (χ4v) is 3.73. The molecule has 1 saturated carbocycles. The zero-order chi connectivity index (χ0) is 16.4. The van der Waals surface area contributed by atoms with Crippen molar-refractivity contribution in [3.8, 4) is 0 Å². The van der Waals surface area contributed by atoms with Crippen LogP contribution in [0.1, 0.15) is 64.5 Å². The van der Waals surface area contributed by atoms with Crippen LogP contribution < -0.4 is 5.32 Å². The zero-order valence-corrected chi connectivity index (χ0v) is 14.2. The summed E-state index contributed by atoms with van der Waals surface area (Å²) in [4.78, 5) is 18.8. The van der Waals surface area contributed by atoms with Crippen LogP contribution in [-0.4, -0.2) is 44.2 Å². The molecule has 1 amide bonds. The standard InChI is InChI=1S/C15H20N6O2S/c22-13(15-19-18-14(24-15)10-4-5-10)16-8-12-17-11(20-23-12)9-21-6-2-1-3-7-21/h10H,1-9H2,(H,16,22). The highest BCUT2D eigenvalue weighted by atomic mass is 32.1. The second-order valence-electron chi connectivity index (χ2n) is 6.34. The number of hydrogen-bond donors (Lipinski definition) is 1. The Bertz CT molecular complexity index is 704. The van der Waals surface area contributed by atoms with Crippen LogP contribution in [0, 0.1) is 0 Å². The number of carbonyl (C=O) groups excluding carboxylic acids is 1. The van der Waals surface area contributed by atoms with Gasteiger partial charge in [-0.3, -0.25) is 9.69 Å². The summed E-state index contributed by atoms with van der Waals surface area (Å²) < 4.78 is 5.21. The van der Waals surface area contributed by atoms with Gasteiger partial charge >= 0.3 is 0 Å². The minimum Gasteiger partial charge on any atom is -0.341 e. The molecule has 0 bridgehead atoms. The van der Waals surface area contributed by atoms with E-state index in [4.69, 9.17) is 4.52 Å². The molecule has 3 heterocycles. The molecule has 0 unspecified atom stereocenters. The maximum absolute atomic E-state index is 12.1. The Kier molecular flexibility index (Phi) is 4.52. The molecular formula is C15H20N6O2S. The van der Waals surface area contributed by atoms with Crippen LogP contribution in [0.2, 0.25) is 0 Å². The van der Waals surface area contributed by atoms with E-state index in [2.05, 4.69) is 30.6 Å². The summed E-state index contributed by atoms with van der Waals surface area (Å²) in [6, 6.07) is 0. The first-order valence-electron chi connectivity index (χ1n) is 8.43. The van der Waals surface area contributed by atoms with Gasteiger partial charge in [0, 0.05) is 5.92 Å². The summed E-state index contributed by atoms with van der Waals surface area (Å²) in [7, 11) is 0. The second kappa shape index (κ2) is 6.94. The number of piperidine rings is 1. The van der Waals surface area contributed by atoms with E-state index in [0.717, 1.165) is 30.9 Å². The fraction of sp³-hybridized carbons (Fsp3) is 0.667. The van der Waals surface area contributed by atoms with Gasteiger partial charge in [0.2, 0.25) is 10.9 Å². The van der Waals surface area contributed by atoms with Crippen molar-refractivity contribution < 1.29 is 9.32 Å². The SMILES string of the molecule is O=C(NCc1nc(CN2CCCCC2)no1)c1nnc(C2CC2)s1. The Labute approximate surface area is 143 Å². The Morgan fingerprint density at radius 1 is 1.25 bits per heavy atom. The maximum atomic E-state index is 12.1. The van der Waals surface area contributed by atoms with Crippen LogP contribution in [0.4, 0.5) is 0 Å². The number of carbonyl (C=O) groups is 1. The highest BCUT2D eigenvalue weighted by molar-refractivity contribution is 7.13. The summed E-state index contributed by atoms with van der Waals surface area (Å²) in [6.45, 7) is 3.09. The highest BCUT2D eigenvalue weighted by Gasteiger charge is 2.28. The molecule has 2 aromatic rings. The zero-order valence-electron chi connectivity index (χ0n) is 13.4. The number of likely N-dealkylation sites (tertiary alicyclic amines) is 1. The predicted octanol–water partition coefficient (Wildman–Crippen LogP) is 1.71. The summed E-state index contributed by atoms with van der Waals surface area (Å²) in [5.41, 5.74) is 0. The summed E-state index contributed by atoms with van der Waals surface area (Å²) in [5, 5.41) is 16.1. The van der Waals surface area contributed by atoms with Crippen LogP contribution in [0.25, 0.3) is 0 Å². The average Bonchev–Trinajstić information content (AvgIpc) is 3.17. The third-order valence-corrected chi connectivity index (χ3v) is 5.37. The molecule has 0 spiro atoms. The van der Waals surface area contributed by atoms with Crippen molar-refractivity contribution in [2.24, 2.45) is 0 Å². The largest absolute Gasteiger partial charge is 0.341 e. The third kappa shape index (κ3) is 3.78. The molecule has 4 rings (SSSR count).